The van der Waals surface area contributed by atoms with E-state index in [-0.39, 0.29) is 11.8 Å². The fourth-order valence-corrected chi connectivity index (χ4v) is 2.19. The summed E-state index contributed by atoms with van der Waals surface area (Å²) in [5.41, 5.74) is 6.09. The number of amides is 2. The van der Waals surface area contributed by atoms with Gasteiger partial charge in [-0.1, -0.05) is 19.1 Å². The minimum Gasteiger partial charge on any atom is -0.366 e. The first-order valence-corrected chi connectivity index (χ1v) is 6.00. The number of hydrogen-bond acceptors (Lipinski definition) is 3. The molecule has 5 nitrogen and oxygen atoms in total. The Balaban J connectivity index is 2.14. The van der Waals surface area contributed by atoms with Crippen molar-refractivity contribution in [3.63, 3.8) is 0 Å². The zero-order valence-corrected chi connectivity index (χ0v) is 10.3. The van der Waals surface area contributed by atoms with Gasteiger partial charge in [0.05, 0.1) is 17.2 Å². The third-order valence-corrected chi connectivity index (χ3v) is 3.30. The van der Waals surface area contributed by atoms with Gasteiger partial charge in [-0.25, -0.2) is 0 Å². The highest BCUT2D eigenvalue weighted by molar-refractivity contribution is 6.03. The number of para-hydroxylation sites is 1. The molecule has 1 fully saturated rings. The Morgan fingerprint density at radius 1 is 1.33 bits per heavy atom. The first kappa shape index (κ1) is 12.6. The predicted molar refractivity (Wildman–Crippen MR) is 69.1 cm³/mol. The minimum absolute atomic E-state index is 0.0640. The van der Waals surface area contributed by atoms with Gasteiger partial charge < -0.3 is 16.4 Å². The molecular formula is C13H17N3O2. The van der Waals surface area contributed by atoms with Gasteiger partial charge in [0, 0.05) is 6.54 Å². The molecule has 2 atom stereocenters. The van der Waals surface area contributed by atoms with E-state index in [1.807, 2.05) is 6.92 Å². The fourth-order valence-electron chi connectivity index (χ4n) is 2.19. The number of hydrogen-bond donors (Lipinski definition) is 3. The van der Waals surface area contributed by atoms with E-state index in [1.165, 1.54) is 0 Å². The van der Waals surface area contributed by atoms with Crippen LogP contribution < -0.4 is 16.4 Å². The SMILES string of the molecule is C[C@@H]1CNC[C@H]1C(=O)Nc1ccccc1C(N)=O. The molecule has 1 aliphatic rings. The smallest absolute Gasteiger partial charge is 0.250 e. The molecule has 1 saturated heterocycles. The van der Waals surface area contributed by atoms with Gasteiger partial charge in [-0.05, 0) is 24.6 Å². The zero-order chi connectivity index (χ0) is 13.1. The van der Waals surface area contributed by atoms with Gasteiger partial charge >= 0.3 is 0 Å². The van der Waals surface area contributed by atoms with Gasteiger partial charge in [0.1, 0.15) is 0 Å². The summed E-state index contributed by atoms with van der Waals surface area (Å²) in [5.74, 6) is -0.374. The molecule has 0 radical (unpaired) electrons. The first-order valence-electron chi connectivity index (χ1n) is 6.00. The monoisotopic (exact) mass is 247 g/mol. The molecule has 0 spiro atoms. The van der Waals surface area contributed by atoms with Crippen LogP contribution in [-0.4, -0.2) is 24.9 Å². The lowest BCUT2D eigenvalue weighted by Crippen LogP contribution is -2.29. The van der Waals surface area contributed by atoms with E-state index in [4.69, 9.17) is 5.73 Å². The second-order valence-electron chi connectivity index (χ2n) is 4.64. The molecule has 5 heteroatoms. The van der Waals surface area contributed by atoms with Crippen LogP contribution in [0.3, 0.4) is 0 Å². The maximum absolute atomic E-state index is 12.1. The van der Waals surface area contributed by atoms with Crippen molar-refractivity contribution in [1.82, 2.24) is 5.32 Å². The Kier molecular flexibility index (Phi) is 3.62. The Morgan fingerprint density at radius 3 is 2.67 bits per heavy atom. The average Bonchev–Trinajstić information content (AvgIpc) is 2.76. The zero-order valence-electron chi connectivity index (χ0n) is 10.3. The Hall–Kier alpha value is -1.88. The number of nitrogens with one attached hydrogen (secondary N) is 2. The molecule has 4 N–H and O–H groups in total. The lowest BCUT2D eigenvalue weighted by atomic mass is 9.97. The molecule has 96 valence electrons. The number of rotatable bonds is 3. The Labute approximate surface area is 106 Å². The van der Waals surface area contributed by atoms with E-state index in [1.54, 1.807) is 24.3 Å². The number of carbonyl (C=O) groups is 2. The first-order chi connectivity index (χ1) is 8.59. The third-order valence-electron chi connectivity index (χ3n) is 3.30. The standard InChI is InChI=1S/C13H17N3O2/c1-8-6-15-7-10(8)13(18)16-11-5-3-2-4-9(11)12(14)17/h2-5,8,10,15H,6-7H2,1H3,(H2,14,17)(H,16,18)/t8-,10-/m1/s1. The van der Waals surface area contributed by atoms with Gasteiger partial charge in [0.2, 0.25) is 5.91 Å². The summed E-state index contributed by atoms with van der Waals surface area (Å²) in [5, 5.41) is 5.96. The van der Waals surface area contributed by atoms with Crippen LogP contribution in [-0.2, 0) is 4.79 Å². The largest absolute Gasteiger partial charge is 0.366 e. The number of benzene rings is 1. The minimum atomic E-state index is -0.538. The van der Waals surface area contributed by atoms with Gasteiger partial charge in [0.15, 0.2) is 0 Å². The predicted octanol–water partition coefficient (Wildman–Crippen LogP) is 0.579. The molecule has 1 aliphatic heterocycles. The summed E-state index contributed by atoms with van der Waals surface area (Å²) >= 11 is 0. The summed E-state index contributed by atoms with van der Waals surface area (Å²) in [6, 6.07) is 6.77. The topological polar surface area (TPSA) is 84.2 Å². The Morgan fingerprint density at radius 2 is 2.06 bits per heavy atom. The van der Waals surface area contributed by atoms with Crippen LogP contribution in [0.5, 0.6) is 0 Å². The van der Waals surface area contributed by atoms with E-state index in [0.717, 1.165) is 6.54 Å². The van der Waals surface area contributed by atoms with Gasteiger partial charge in [-0.3, -0.25) is 9.59 Å². The molecule has 18 heavy (non-hydrogen) atoms. The molecule has 1 aromatic rings. The number of carbonyl (C=O) groups excluding carboxylic acids is 2. The molecular weight excluding hydrogens is 230 g/mol. The second-order valence-corrected chi connectivity index (χ2v) is 4.64. The van der Waals surface area contributed by atoms with Crippen molar-refractivity contribution in [2.24, 2.45) is 17.6 Å². The van der Waals surface area contributed by atoms with Gasteiger partial charge in [-0.15, -0.1) is 0 Å². The van der Waals surface area contributed by atoms with Crippen molar-refractivity contribution in [1.29, 1.82) is 0 Å². The molecule has 0 aliphatic carbocycles. The van der Waals surface area contributed by atoms with Crippen LogP contribution in [0, 0.1) is 11.8 Å². The Bertz CT molecular complexity index is 473. The van der Waals surface area contributed by atoms with Crippen molar-refractivity contribution in [3.8, 4) is 0 Å². The van der Waals surface area contributed by atoms with Gasteiger partial charge in [0.25, 0.3) is 5.91 Å². The van der Waals surface area contributed by atoms with Crippen LogP contribution >= 0.6 is 0 Å². The van der Waals surface area contributed by atoms with Crippen LogP contribution in [0.1, 0.15) is 17.3 Å². The van der Waals surface area contributed by atoms with E-state index < -0.39 is 5.91 Å². The highest BCUT2D eigenvalue weighted by atomic mass is 16.2. The van der Waals surface area contributed by atoms with E-state index in [0.29, 0.717) is 23.7 Å². The molecule has 2 amide bonds. The molecule has 0 saturated carbocycles. The lowest BCUT2D eigenvalue weighted by molar-refractivity contribution is -0.120. The maximum atomic E-state index is 12.1. The fraction of sp³-hybridized carbons (Fsp3) is 0.385. The van der Waals surface area contributed by atoms with Gasteiger partial charge in [-0.2, -0.15) is 0 Å². The second kappa shape index (κ2) is 5.18. The molecule has 1 heterocycles. The normalized spacial score (nSPS) is 22.7. The molecule has 0 unspecified atom stereocenters. The third kappa shape index (κ3) is 2.51. The van der Waals surface area contributed by atoms with E-state index in [9.17, 15) is 9.59 Å². The molecule has 0 bridgehead atoms. The molecule has 0 aromatic heterocycles. The summed E-state index contributed by atoms with van der Waals surface area (Å²) in [4.78, 5) is 23.3. The van der Waals surface area contributed by atoms with E-state index >= 15 is 0 Å². The van der Waals surface area contributed by atoms with Crippen LogP contribution in [0.4, 0.5) is 5.69 Å². The van der Waals surface area contributed by atoms with Crippen molar-refractivity contribution < 1.29 is 9.59 Å². The number of primary amides is 1. The quantitative estimate of drug-likeness (QED) is 0.730. The average molecular weight is 247 g/mol. The lowest BCUT2D eigenvalue weighted by Gasteiger charge is -2.15. The molecule has 1 aromatic carbocycles. The van der Waals surface area contributed by atoms with Crippen molar-refractivity contribution in [2.75, 3.05) is 18.4 Å². The number of nitrogens with two attached hydrogens (primary N) is 1. The highest BCUT2D eigenvalue weighted by Crippen LogP contribution is 2.20. The summed E-state index contributed by atoms with van der Waals surface area (Å²) in [7, 11) is 0. The number of anilines is 1. The van der Waals surface area contributed by atoms with Crippen LogP contribution in [0.25, 0.3) is 0 Å². The van der Waals surface area contributed by atoms with Crippen molar-refractivity contribution in [3.05, 3.63) is 29.8 Å². The van der Waals surface area contributed by atoms with E-state index in [2.05, 4.69) is 10.6 Å². The highest BCUT2D eigenvalue weighted by Gasteiger charge is 2.29. The molecule has 2 rings (SSSR count). The van der Waals surface area contributed by atoms with Crippen LogP contribution in [0.15, 0.2) is 24.3 Å². The summed E-state index contributed by atoms with van der Waals surface area (Å²) < 4.78 is 0. The summed E-state index contributed by atoms with van der Waals surface area (Å²) in [6.07, 6.45) is 0. The summed E-state index contributed by atoms with van der Waals surface area (Å²) in [6.45, 7) is 3.55. The van der Waals surface area contributed by atoms with Crippen molar-refractivity contribution in [2.45, 2.75) is 6.92 Å². The van der Waals surface area contributed by atoms with Crippen molar-refractivity contribution >= 4 is 17.5 Å². The maximum Gasteiger partial charge on any atom is 0.250 e. The van der Waals surface area contributed by atoms with Crippen LogP contribution in [0.2, 0.25) is 0 Å².